The lowest BCUT2D eigenvalue weighted by atomic mass is 9.82. The van der Waals surface area contributed by atoms with Crippen LogP contribution in [0.15, 0.2) is 24.3 Å². The normalized spacial score (nSPS) is 14.8. The third-order valence-corrected chi connectivity index (χ3v) is 3.70. The summed E-state index contributed by atoms with van der Waals surface area (Å²) in [5, 5.41) is 3.47. The molecule has 0 aromatic heterocycles. The van der Waals surface area contributed by atoms with Crippen molar-refractivity contribution in [3.63, 3.8) is 0 Å². The highest BCUT2D eigenvalue weighted by molar-refractivity contribution is 5.36. The first-order valence-corrected chi connectivity index (χ1v) is 8.26. The van der Waals surface area contributed by atoms with E-state index in [1.54, 1.807) is 0 Å². The highest BCUT2D eigenvalue weighted by Crippen LogP contribution is 2.33. The minimum Gasteiger partial charge on any atom is -0.493 e. The van der Waals surface area contributed by atoms with Gasteiger partial charge in [0.1, 0.15) is 5.75 Å². The Balaban J connectivity index is 2.80. The maximum atomic E-state index is 5.91. The Labute approximate surface area is 131 Å². The standard InChI is InChI=1S/C19H33NO/c1-7-12-21-18-11-9-8-10-16(18)17(20-6)13-15(2)14-19(3,4)5/h8-11,15,17,20H,7,12-14H2,1-6H3. The molecule has 21 heavy (non-hydrogen) atoms. The monoisotopic (exact) mass is 291 g/mol. The van der Waals surface area contributed by atoms with Crippen LogP contribution in [0, 0.1) is 11.3 Å². The Morgan fingerprint density at radius 1 is 1.19 bits per heavy atom. The highest BCUT2D eigenvalue weighted by atomic mass is 16.5. The largest absolute Gasteiger partial charge is 0.493 e. The Bertz CT molecular complexity index is 408. The van der Waals surface area contributed by atoms with Gasteiger partial charge in [-0.15, -0.1) is 0 Å². The van der Waals surface area contributed by atoms with E-state index < -0.39 is 0 Å². The lowest BCUT2D eigenvalue weighted by Crippen LogP contribution is -2.22. The van der Waals surface area contributed by atoms with Crippen LogP contribution in [0.4, 0.5) is 0 Å². The molecule has 0 aliphatic carbocycles. The maximum Gasteiger partial charge on any atom is 0.124 e. The summed E-state index contributed by atoms with van der Waals surface area (Å²) in [5.74, 6) is 1.71. The molecule has 0 aliphatic rings. The lowest BCUT2D eigenvalue weighted by molar-refractivity contribution is 0.273. The van der Waals surface area contributed by atoms with E-state index in [0.717, 1.165) is 25.2 Å². The highest BCUT2D eigenvalue weighted by Gasteiger charge is 2.21. The van der Waals surface area contributed by atoms with Gasteiger partial charge in [-0.3, -0.25) is 0 Å². The number of para-hydroxylation sites is 1. The number of ether oxygens (including phenoxy) is 1. The first-order chi connectivity index (χ1) is 9.87. The SMILES string of the molecule is CCCOc1ccccc1C(CC(C)CC(C)(C)C)NC. The van der Waals surface area contributed by atoms with Gasteiger partial charge in [-0.05, 0) is 43.7 Å². The van der Waals surface area contributed by atoms with E-state index in [1.807, 2.05) is 7.05 Å². The average Bonchev–Trinajstić information content (AvgIpc) is 2.41. The molecule has 0 heterocycles. The molecule has 0 amide bonds. The summed E-state index contributed by atoms with van der Waals surface area (Å²) in [6.45, 7) is 12.2. The molecule has 0 spiro atoms. The summed E-state index contributed by atoms with van der Waals surface area (Å²) in [6, 6.07) is 8.79. The Kier molecular flexibility index (Phi) is 7.24. The fraction of sp³-hybridized carbons (Fsp3) is 0.684. The van der Waals surface area contributed by atoms with Crippen molar-refractivity contribution in [3.8, 4) is 5.75 Å². The maximum absolute atomic E-state index is 5.91. The van der Waals surface area contributed by atoms with Crippen molar-refractivity contribution in [2.75, 3.05) is 13.7 Å². The summed E-state index contributed by atoms with van der Waals surface area (Å²) >= 11 is 0. The summed E-state index contributed by atoms with van der Waals surface area (Å²) in [7, 11) is 2.05. The van der Waals surface area contributed by atoms with E-state index in [-0.39, 0.29) is 0 Å². The summed E-state index contributed by atoms with van der Waals surface area (Å²) < 4.78 is 5.91. The van der Waals surface area contributed by atoms with Crippen LogP contribution in [0.25, 0.3) is 0 Å². The molecule has 2 nitrogen and oxygen atoms in total. The van der Waals surface area contributed by atoms with Crippen LogP contribution < -0.4 is 10.1 Å². The molecular formula is C19H33NO. The van der Waals surface area contributed by atoms with Gasteiger partial charge in [0.25, 0.3) is 0 Å². The Morgan fingerprint density at radius 3 is 2.43 bits per heavy atom. The first kappa shape index (κ1) is 18.0. The predicted molar refractivity (Wildman–Crippen MR) is 91.9 cm³/mol. The van der Waals surface area contributed by atoms with Crippen molar-refractivity contribution in [1.82, 2.24) is 5.32 Å². The molecule has 0 saturated heterocycles. The molecule has 0 bridgehead atoms. The van der Waals surface area contributed by atoms with E-state index in [1.165, 1.54) is 12.0 Å². The van der Waals surface area contributed by atoms with E-state index >= 15 is 0 Å². The molecule has 2 heteroatoms. The molecule has 2 atom stereocenters. The van der Waals surface area contributed by atoms with Gasteiger partial charge in [-0.1, -0.05) is 52.8 Å². The smallest absolute Gasteiger partial charge is 0.124 e. The molecule has 1 aromatic rings. The van der Waals surface area contributed by atoms with Crippen LogP contribution >= 0.6 is 0 Å². The zero-order valence-corrected chi connectivity index (χ0v) is 14.7. The molecule has 2 unspecified atom stereocenters. The lowest BCUT2D eigenvalue weighted by Gasteiger charge is -2.27. The Morgan fingerprint density at radius 2 is 1.86 bits per heavy atom. The van der Waals surface area contributed by atoms with E-state index in [0.29, 0.717) is 17.4 Å². The fourth-order valence-corrected chi connectivity index (χ4v) is 3.04. The second kappa shape index (κ2) is 8.43. The molecular weight excluding hydrogens is 258 g/mol. The van der Waals surface area contributed by atoms with Gasteiger partial charge in [0, 0.05) is 11.6 Å². The summed E-state index contributed by atoms with van der Waals surface area (Å²) in [5.41, 5.74) is 1.67. The van der Waals surface area contributed by atoms with Crippen molar-refractivity contribution in [1.29, 1.82) is 0 Å². The van der Waals surface area contributed by atoms with Crippen LogP contribution in [0.1, 0.15) is 65.5 Å². The van der Waals surface area contributed by atoms with Crippen molar-refractivity contribution < 1.29 is 4.74 Å². The number of nitrogens with one attached hydrogen (secondary N) is 1. The molecule has 120 valence electrons. The zero-order valence-electron chi connectivity index (χ0n) is 14.7. The van der Waals surface area contributed by atoms with Gasteiger partial charge in [0.2, 0.25) is 0 Å². The van der Waals surface area contributed by atoms with Gasteiger partial charge in [-0.25, -0.2) is 0 Å². The molecule has 1 rings (SSSR count). The molecule has 0 saturated carbocycles. The van der Waals surface area contributed by atoms with Crippen LogP contribution in [0.5, 0.6) is 5.75 Å². The number of benzene rings is 1. The zero-order chi connectivity index (χ0) is 15.9. The molecule has 0 radical (unpaired) electrons. The van der Waals surface area contributed by atoms with Crippen LogP contribution in [-0.4, -0.2) is 13.7 Å². The number of rotatable bonds is 8. The van der Waals surface area contributed by atoms with Crippen LogP contribution in [0.2, 0.25) is 0 Å². The van der Waals surface area contributed by atoms with Gasteiger partial charge < -0.3 is 10.1 Å². The number of hydrogen-bond acceptors (Lipinski definition) is 2. The van der Waals surface area contributed by atoms with E-state index in [4.69, 9.17) is 4.74 Å². The van der Waals surface area contributed by atoms with Gasteiger partial charge >= 0.3 is 0 Å². The van der Waals surface area contributed by atoms with Crippen LogP contribution in [0.3, 0.4) is 0 Å². The van der Waals surface area contributed by atoms with Gasteiger partial charge in [0.05, 0.1) is 6.61 Å². The number of hydrogen-bond donors (Lipinski definition) is 1. The van der Waals surface area contributed by atoms with Gasteiger partial charge in [0.15, 0.2) is 0 Å². The average molecular weight is 291 g/mol. The van der Waals surface area contributed by atoms with E-state index in [2.05, 4.69) is 64.2 Å². The minimum atomic E-state index is 0.357. The minimum absolute atomic E-state index is 0.357. The third kappa shape index (κ3) is 6.52. The summed E-state index contributed by atoms with van der Waals surface area (Å²) in [4.78, 5) is 0. The fourth-order valence-electron chi connectivity index (χ4n) is 3.04. The van der Waals surface area contributed by atoms with Crippen LogP contribution in [-0.2, 0) is 0 Å². The third-order valence-electron chi connectivity index (χ3n) is 3.70. The quantitative estimate of drug-likeness (QED) is 0.711. The molecule has 0 aliphatic heterocycles. The molecule has 1 aromatic carbocycles. The van der Waals surface area contributed by atoms with Crippen molar-refractivity contribution >= 4 is 0 Å². The first-order valence-electron chi connectivity index (χ1n) is 8.26. The second-order valence-corrected chi connectivity index (χ2v) is 7.33. The second-order valence-electron chi connectivity index (χ2n) is 7.33. The Hall–Kier alpha value is -1.02. The van der Waals surface area contributed by atoms with Gasteiger partial charge in [-0.2, -0.15) is 0 Å². The topological polar surface area (TPSA) is 21.3 Å². The molecule has 0 fully saturated rings. The van der Waals surface area contributed by atoms with E-state index in [9.17, 15) is 0 Å². The van der Waals surface area contributed by atoms with Crippen molar-refractivity contribution in [2.24, 2.45) is 11.3 Å². The molecule has 1 N–H and O–H groups in total. The summed E-state index contributed by atoms with van der Waals surface area (Å²) in [6.07, 6.45) is 3.42. The van der Waals surface area contributed by atoms with Crippen molar-refractivity contribution in [3.05, 3.63) is 29.8 Å². The van der Waals surface area contributed by atoms with Crippen molar-refractivity contribution in [2.45, 2.75) is 59.9 Å². The predicted octanol–water partition coefficient (Wildman–Crippen LogP) is 5.20.